The van der Waals surface area contributed by atoms with E-state index in [2.05, 4.69) is 16.9 Å². The fourth-order valence-corrected chi connectivity index (χ4v) is 2.20. The van der Waals surface area contributed by atoms with E-state index in [0.29, 0.717) is 38.4 Å². The number of carbonyl (C=O) groups is 2. The van der Waals surface area contributed by atoms with E-state index in [4.69, 9.17) is 0 Å². The van der Waals surface area contributed by atoms with E-state index >= 15 is 0 Å². The van der Waals surface area contributed by atoms with Crippen LogP contribution in [0.1, 0.15) is 17.4 Å². The summed E-state index contributed by atoms with van der Waals surface area (Å²) in [4.78, 5) is 31.3. The third kappa shape index (κ3) is 3.81. The van der Waals surface area contributed by atoms with Crippen molar-refractivity contribution in [2.75, 3.05) is 38.0 Å². The lowest BCUT2D eigenvalue weighted by Gasteiger charge is -2.34. The Balaban J connectivity index is 1.94. The first-order chi connectivity index (χ1) is 10.1. The molecule has 0 saturated carbocycles. The van der Waals surface area contributed by atoms with Gasteiger partial charge < -0.3 is 15.1 Å². The zero-order chi connectivity index (χ0) is 15.2. The molecule has 112 valence electrons. The van der Waals surface area contributed by atoms with E-state index in [1.54, 1.807) is 35.1 Å². The van der Waals surface area contributed by atoms with Crippen molar-refractivity contribution < 1.29 is 9.59 Å². The molecule has 0 aromatic carbocycles. The van der Waals surface area contributed by atoms with Gasteiger partial charge in [0.25, 0.3) is 5.91 Å². The van der Waals surface area contributed by atoms with Crippen LogP contribution in [0.5, 0.6) is 0 Å². The van der Waals surface area contributed by atoms with E-state index in [0.717, 1.165) is 5.69 Å². The van der Waals surface area contributed by atoms with Gasteiger partial charge in [0.05, 0.1) is 11.9 Å². The first kappa shape index (κ1) is 15.0. The number of carbonyl (C=O) groups excluding carboxylic acids is 2. The number of nitrogens with zero attached hydrogens (tertiary/aromatic N) is 3. The Kier molecular flexibility index (Phi) is 4.92. The molecule has 2 rings (SSSR count). The van der Waals surface area contributed by atoms with Crippen LogP contribution in [0.2, 0.25) is 0 Å². The lowest BCUT2D eigenvalue weighted by atomic mass is 10.2. The van der Waals surface area contributed by atoms with Gasteiger partial charge in [-0.1, -0.05) is 6.08 Å². The summed E-state index contributed by atoms with van der Waals surface area (Å²) in [5, 5.41) is 3.11. The second kappa shape index (κ2) is 6.88. The molecule has 6 nitrogen and oxygen atoms in total. The highest BCUT2D eigenvalue weighted by Gasteiger charge is 2.23. The van der Waals surface area contributed by atoms with Crippen molar-refractivity contribution in [2.45, 2.75) is 6.92 Å². The highest BCUT2D eigenvalue weighted by molar-refractivity contribution is 5.92. The number of rotatable bonds is 4. The van der Waals surface area contributed by atoms with Crippen LogP contribution in [-0.4, -0.2) is 59.3 Å². The molecule has 1 N–H and O–H groups in total. The zero-order valence-electron chi connectivity index (χ0n) is 12.2. The second-order valence-electron chi connectivity index (χ2n) is 4.90. The Hall–Kier alpha value is -2.37. The van der Waals surface area contributed by atoms with Crippen LogP contribution < -0.4 is 5.32 Å². The van der Waals surface area contributed by atoms with Crippen LogP contribution in [0.3, 0.4) is 0 Å². The maximum absolute atomic E-state index is 12.3. The van der Waals surface area contributed by atoms with E-state index in [-0.39, 0.29) is 11.8 Å². The molecule has 0 spiro atoms. The van der Waals surface area contributed by atoms with Crippen LogP contribution in [-0.2, 0) is 4.79 Å². The average molecular weight is 288 g/mol. The zero-order valence-corrected chi connectivity index (χ0v) is 12.2. The summed E-state index contributed by atoms with van der Waals surface area (Å²) >= 11 is 0. The smallest absolute Gasteiger partial charge is 0.272 e. The Labute approximate surface area is 124 Å². The van der Waals surface area contributed by atoms with Crippen LogP contribution in [0.15, 0.2) is 31.0 Å². The minimum atomic E-state index is -0.0894. The van der Waals surface area contributed by atoms with Gasteiger partial charge in [-0.05, 0) is 12.1 Å². The number of nitrogens with one attached hydrogen (secondary N) is 1. The maximum atomic E-state index is 12.3. The molecule has 1 aliphatic heterocycles. The standard InChI is InChI=1S/C15H20N4O2/c1-3-6-16-13-4-5-14(17-11-13)15(21)19-9-7-18(8-10-19)12(2)20/h3-5,11,16H,1,6-10H2,2H3. The highest BCUT2D eigenvalue weighted by atomic mass is 16.2. The number of anilines is 1. The summed E-state index contributed by atoms with van der Waals surface area (Å²) in [5.41, 5.74) is 1.28. The van der Waals surface area contributed by atoms with Crippen molar-refractivity contribution in [3.8, 4) is 0 Å². The van der Waals surface area contributed by atoms with Gasteiger partial charge in [-0.3, -0.25) is 9.59 Å². The molecule has 21 heavy (non-hydrogen) atoms. The summed E-state index contributed by atoms with van der Waals surface area (Å²) in [7, 11) is 0. The van der Waals surface area contributed by atoms with Gasteiger partial charge in [-0.2, -0.15) is 0 Å². The second-order valence-corrected chi connectivity index (χ2v) is 4.90. The summed E-state index contributed by atoms with van der Waals surface area (Å²) < 4.78 is 0. The molecule has 2 heterocycles. The van der Waals surface area contributed by atoms with Gasteiger partial charge in [0, 0.05) is 39.6 Å². The third-order valence-electron chi connectivity index (χ3n) is 3.45. The predicted octanol–water partition coefficient (Wildman–Crippen LogP) is 0.984. The summed E-state index contributed by atoms with van der Waals surface area (Å²) in [5.74, 6) is -0.0358. The molecule has 1 fully saturated rings. The third-order valence-corrected chi connectivity index (χ3v) is 3.45. The van der Waals surface area contributed by atoms with Crippen LogP contribution in [0, 0.1) is 0 Å². The number of hydrogen-bond acceptors (Lipinski definition) is 4. The fraction of sp³-hybridized carbons (Fsp3) is 0.400. The van der Waals surface area contributed by atoms with Gasteiger partial charge in [-0.25, -0.2) is 4.98 Å². The van der Waals surface area contributed by atoms with E-state index in [1.165, 1.54) is 0 Å². The van der Waals surface area contributed by atoms with Gasteiger partial charge in [0.15, 0.2) is 0 Å². The minimum absolute atomic E-state index is 0.0536. The van der Waals surface area contributed by atoms with Crippen LogP contribution in [0.4, 0.5) is 5.69 Å². The normalized spacial score (nSPS) is 14.7. The Morgan fingerprint density at radius 2 is 1.95 bits per heavy atom. The molecule has 0 aliphatic carbocycles. The van der Waals surface area contributed by atoms with Crippen LogP contribution in [0.25, 0.3) is 0 Å². The number of amides is 2. The molecule has 1 aromatic rings. The monoisotopic (exact) mass is 288 g/mol. The topological polar surface area (TPSA) is 65.5 Å². The van der Waals surface area contributed by atoms with Gasteiger partial charge in [0.1, 0.15) is 5.69 Å². The summed E-state index contributed by atoms with van der Waals surface area (Å²) in [6, 6.07) is 3.54. The quantitative estimate of drug-likeness (QED) is 0.839. The average Bonchev–Trinajstić information content (AvgIpc) is 2.53. The van der Waals surface area contributed by atoms with Gasteiger partial charge in [0.2, 0.25) is 5.91 Å². The van der Waals surface area contributed by atoms with Crippen molar-refractivity contribution in [3.05, 3.63) is 36.7 Å². The lowest BCUT2D eigenvalue weighted by molar-refractivity contribution is -0.130. The van der Waals surface area contributed by atoms with Crippen molar-refractivity contribution in [1.29, 1.82) is 0 Å². The molecule has 2 amide bonds. The minimum Gasteiger partial charge on any atom is -0.380 e. The van der Waals surface area contributed by atoms with Gasteiger partial charge >= 0.3 is 0 Å². The first-order valence-electron chi connectivity index (χ1n) is 6.97. The van der Waals surface area contributed by atoms with Crippen molar-refractivity contribution in [1.82, 2.24) is 14.8 Å². The molecule has 1 aliphatic rings. The fourth-order valence-electron chi connectivity index (χ4n) is 2.20. The number of piperazine rings is 1. The Morgan fingerprint density at radius 1 is 1.29 bits per heavy atom. The SMILES string of the molecule is C=CCNc1ccc(C(=O)N2CCN(C(C)=O)CC2)nc1. The largest absolute Gasteiger partial charge is 0.380 e. The molecular weight excluding hydrogens is 268 g/mol. The molecule has 1 aromatic heterocycles. The Morgan fingerprint density at radius 3 is 2.48 bits per heavy atom. The van der Waals surface area contributed by atoms with E-state index in [9.17, 15) is 9.59 Å². The molecule has 0 unspecified atom stereocenters. The van der Waals surface area contributed by atoms with Crippen molar-refractivity contribution >= 4 is 17.5 Å². The first-order valence-corrected chi connectivity index (χ1v) is 6.97. The Bertz CT molecular complexity index is 519. The van der Waals surface area contributed by atoms with Crippen molar-refractivity contribution in [3.63, 3.8) is 0 Å². The number of pyridine rings is 1. The summed E-state index contributed by atoms with van der Waals surface area (Å²) in [6.45, 7) is 8.10. The highest BCUT2D eigenvalue weighted by Crippen LogP contribution is 2.10. The maximum Gasteiger partial charge on any atom is 0.272 e. The predicted molar refractivity (Wildman–Crippen MR) is 81.1 cm³/mol. The molecule has 1 saturated heterocycles. The number of hydrogen-bond donors (Lipinski definition) is 1. The van der Waals surface area contributed by atoms with E-state index in [1.807, 2.05) is 6.07 Å². The van der Waals surface area contributed by atoms with Crippen LogP contribution >= 0.6 is 0 Å². The molecule has 0 radical (unpaired) electrons. The molecular formula is C15H20N4O2. The molecule has 0 bridgehead atoms. The van der Waals surface area contributed by atoms with E-state index < -0.39 is 0 Å². The lowest BCUT2D eigenvalue weighted by Crippen LogP contribution is -2.50. The van der Waals surface area contributed by atoms with Gasteiger partial charge in [-0.15, -0.1) is 6.58 Å². The van der Waals surface area contributed by atoms with Crippen molar-refractivity contribution in [2.24, 2.45) is 0 Å². The summed E-state index contributed by atoms with van der Waals surface area (Å²) in [6.07, 6.45) is 3.40. The molecule has 6 heteroatoms. The molecule has 0 atom stereocenters. The number of aromatic nitrogens is 1.